The van der Waals surface area contributed by atoms with E-state index in [1.54, 1.807) is 0 Å². The summed E-state index contributed by atoms with van der Waals surface area (Å²) in [7, 11) is 8.75. The Kier molecular flexibility index (Phi) is 29.7. The average molecular weight is 651 g/mol. The number of nitrogens with zero attached hydrogens (tertiary/aromatic N) is 2. The van der Waals surface area contributed by atoms with Crippen LogP contribution in [0.1, 0.15) is 90.9 Å². The van der Waals surface area contributed by atoms with Crippen LogP contribution in [-0.4, -0.2) is 112 Å². The Bertz CT molecular complexity index is 417. The summed E-state index contributed by atoms with van der Waals surface area (Å²) in [6.07, 6.45) is 14.7. The van der Waals surface area contributed by atoms with Gasteiger partial charge < -0.3 is 62.6 Å². The molecule has 0 aliphatic rings. The van der Waals surface area contributed by atoms with Crippen LogP contribution in [0.4, 0.5) is 0 Å². The van der Waals surface area contributed by atoms with Crippen molar-refractivity contribution in [2.24, 2.45) is 0 Å². The van der Waals surface area contributed by atoms with E-state index >= 15 is 0 Å². The van der Waals surface area contributed by atoms with Gasteiger partial charge in [-0.2, -0.15) is 0 Å². The minimum atomic E-state index is -0.458. The Morgan fingerprint density at radius 2 is 0.833 bits per heavy atom. The summed E-state index contributed by atoms with van der Waals surface area (Å²) in [4.78, 5) is 0. The summed E-state index contributed by atoms with van der Waals surface area (Å²) >= 11 is 0. The Morgan fingerprint density at radius 3 is 1.17 bits per heavy atom. The molecule has 0 bridgehead atoms. The van der Waals surface area contributed by atoms with Gasteiger partial charge in [-0.15, -0.1) is 0 Å². The number of aliphatic hydroxyl groups is 2. The van der Waals surface area contributed by atoms with Crippen molar-refractivity contribution in [2.75, 3.05) is 80.8 Å². The maximum atomic E-state index is 10.3. The zero-order valence-corrected chi connectivity index (χ0v) is 27.8. The fourth-order valence-corrected chi connectivity index (χ4v) is 4.63. The second-order valence-corrected chi connectivity index (χ2v) is 11.7. The molecule has 36 heavy (non-hydrogen) atoms. The molecule has 8 heteroatoms. The van der Waals surface area contributed by atoms with Crippen molar-refractivity contribution < 1.29 is 62.6 Å². The van der Waals surface area contributed by atoms with Crippen LogP contribution in [0.15, 0.2) is 0 Å². The van der Waals surface area contributed by atoms with E-state index in [2.05, 4.69) is 42.0 Å². The fourth-order valence-electron chi connectivity index (χ4n) is 4.63. The number of hydrogen-bond donors (Lipinski definition) is 2. The summed E-state index contributed by atoms with van der Waals surface area (Å²) in [5.41, 5.74) is 0. The molecule has 0 saturated carbocycles. The van der Waals surface area contributed by atoms with Gasteiger partial charge in [0, 0.05) is 0 Å². The van der Waals surface area contributed by atoms with Crippen LogP contribution in [0.3, 0.4) is 0 Å². The van der Waals surface area contributed by atoms with Gasteiger partial charge in [-0.3, -0.25) is 0 Å². The number of hydrogen-bond acceptors (Lipinski definition) is 4. The van der Waals surface area contributed by atoms with E-state index in [1.165, 1.54) is 77.0 Å². The number of halogens is 2. The van der Waals surface area contributed by atoms with Crippen molar-refractivity contribution in [3.8, 4) is 0 Å². The topological polar surface area (TPSA) is 58.9 Å². The first-order valence-corrected chi connectivity index (χ1v) is 14.3. The second kappa shape index (κ2) is 26.0. The number of likely N-dealkylation sites (N-methyl/N-ethyl adjacent to an activating group) is 2. The maximum absolute atomic E-state index is 10.3. The molecule has 0 aromatic rings. The van der Waals surface area contributed by atoms with Crippen LogP contribution < -0.4 is 34.0 Å². The first-order valence-electron chi connectivity index (χ1n) is 14.3. The summed E-state index contributed by atoms with van der Waals surface area (Å²) in [5.74, 6) is 0. The summed E-state index contributed by atoms with van der Waals surface area (Å²) in [5, 5.41) is 20.7. The van der Waals surface area contributed by atoms with Crippen LogP contribution in [0.25, 0.3) is 0 Å². The lowest BCUT2D eigenvalue weighted by atomic mass is 10.1. The summed E-state index contributed by atoms with van der Waals surface area (Å²) < 4.78 is 12.9. The molecule has 0 radical (unpaired) electrons. The predicted octanol–water partition coefficient (Wildman–Crippen LogP) is -1.38. The lowest BCUT2D eigenvalue weighted by Crippen LogP contribution is -3.00. The van der Waals surface area contributed by atoms with Gasteiger partial charge in [0.05, 0.1) is 67.7 Å². The van der Waals surface area contributed by atoms with Gasteiger partial charge in [0.2, 0.25) is 0 Å². The molecule has 0 spiro atoms. The zero-order chi connectivity index (χ0) is 25.7. The zero-order valence-electron chi connectivity index (χ0n) is 24.7. The van der Waals surface area contributed by atoms with Crippen molar-refractivity contribution in [3.63, 3.8) is 0 Å². The molecule has 0 fully saturated rings. The standard InChI is InChI=1S/C28H62N2O4.2BrH/c1-7-9-11-13-15-17-19-29(3,4)23-27(31)25-33-21-22-34-26-28(32)24-30(5,6)20-18-16-14-12-10-8-2;;/h27-28,31-32H,7-26H2,1-6H3;2*1H/q+2;;/p-2. The van der Waals surface area contributed by atoms with E-state index in [4.69, 9.17) is 9.47 Å². The van der Waals surface area contributed by atoms with Gasteiger partial charge in [0.25, 0.3) is 0 Å². The highest BCUT2D eigenvalue weighted by Gasteiger charge is 2.21. The molecule has 2 unspecified atom stereocenters. The van der Waals surface area contributed by atoms with Crippen LogP contribution in [0.2, 0.25) is 0 Å². The normalized spacial score (nSPS) is 13.7. The van der Waals surface area contributed by atoms with Gasteiger partial charge in [-0.25, -0.2) is 0 Å². The third-order valence-corrected chi connectivity index (χ3v) is 6.64. The lowest BCUT2D eigenvalue weighted by Gasteiger charge is -2.32. The molecule has 222 valence electrons. The third-order valence-electron chi connectivity index (χ3n) is 6.64. The van der Waals surface area contributed by atoms with E-state index in [0.29, 0.717) is 39.5 Å². The highest BCUT2D eigenvalue weighted by atomic mass is 79.9. The third kappa shape index (κ3) is 27.7. The van der Waals surface area contributed by atoms with Crippen LogP contribution >= 0.6 is 0 Å². The molecule has 2 atom stereocenters. The molecule has 0 aliphatic carbocycles. The van der Waals surface area contributed by atoms with E-state index in [-0.39, 0.29) is 34.0 Å². The number of ether oxygens (including phenoxy) is 2. The average Bonchev–Trinajstić information content (AvgIpc) is 2.74. The molecule has 0 rings (SSSR count). The molecule has 0 amide bonds. The summed E-state index contributed by atoms with van der Waals surface area (Å²) in [6.45, 7) is 9.68. The van der Waals surface area contributed by atoms with Crippen LogP contribution in [-0.2, 0) is 9.47 Å². The minimum Gasteiger partial charge on any atom is -1.00 e. The van der Waals surface area contributed by atoms with Crippen molar-refractivity contribution in [2.45, 2.75) is 103 Å². The minimum absolute atomic E-state index is 0. The highest BCUT2D eigenvalue weighted by molar-refractivity contribution is 4.55. The molecular formula is C28H62Br2N2O4. The molecule has 6 nitrogen and oxygen atoms in total. The van der Waals surface area contributed by atoms with Gasteiger partial charge in [-0.1, -0.05) is 65.2 Å². The van der Waals surface area contributed by atoms with Crippen LogP contribution in [0, 0.1) is 0 Å². The van der Waals surface area contributed by atoms with Gasteiger partial charge in [0.15, 0.2) is 0 Å². The number of unbranched alkanes of at least 4 members (excludes halogenated alkanes) is 10. The smallest absolute Gasteiger partial charge is 0.126 e. The fraction of sp³-hybridized carbons (Fsp3) is 1.00. The number of quaternary nitrogens is 2. The monoisotopic (exact) mass is 648 g/mol. The van der Waals surface area contributed by atoms with Crippen LogP contribution in [0.5, 0.6) is 0 Å². The molecule has 0 aromatic heterocycles. The van der Waals surface area contributed by atoms with Crippen molar-refractivity contribution in [3.05, 3.63) is 0 Å². The van der Waals surface area contributed by atoms with Crippen molar-refractivity contribution in [1.29, 1.82) is 0 Å². The van der Waals surface area contributed by atoms with E-state index < -0.39 is 12.2 Å². The molecule has 0 heterocycles. The van der Waals surface area contributed by atoms with Gasteiger partial charge in [-0.05, 0) is 25.7 Å². The van der Waals surface area contributed by atoms with Gasteiger partial charge >= 0.3 is 0 Å². The van der Waals surface area contributed by atoms with Crippen molar-refractivity contribution >= 4 is 0 Å². The largest absolute Gasteiger partial charge is 1.00 e. The summed E-state index contributed by atoms with van der Waals surface area (Å²) in [6, 6.07) is 0. The predicted molar refractivity (Wildman–Crippen MR) is 144 cm³/mol. The first-order chi connectivity index (χ1) is 16.1. The Morgan fingerprint density at radius 1 is 0.528 bits per heavy atom. The quantitative estimate of drug-likeness (QED) is 0.0947. The molecule has 0 saturated heterocycles. The van der Waals surface area contributed by atoms with E-state index in [0.717, 1.165) is 22.1 Å². The Hall–Kier alpha value is 0.720. The Labute approximate surface area is 245 Å². The lowest BCUT2D eigenvalue weighted by molar-refractivity contribution is -0.893. The van der Waals surface area contributed by atoms with Crippen molar-refractivity contribution in [1.82, 2.24) is 0 Å². The number of rotatable bonds is 25. The highest BCUT2D eigenvalue weighted by Crippen LogP contribution is 2.10. The SMILES string of the molecule is CCCCCCCC[N+](C)(C)CC(O)COCCOCC(O)C[N+](C)(C)CCCCCCCC.[Br-].[Br-]. The van der Waals surface area contributed by atoms with E-state index in [9.17, 15) is 10.2 Å². The Balaban J connectivity index is -0.00000544. The second-order valence-electron chi connectivity index (χ2n) is 11.7. The molecule has 0 aromatic carbocycles. The van der Waals surface area contributed by atoms with E-state index in [1.807, 2.05) is 0 Å². The molecule has 2 N–H and O–H groups in total. The maximum Gasteiger partial charge on any atom is 0.126 e. The molecular weight excluding hydrogens is 588 g/mol. The number of aliphatic hydroxyl groups excluding tert-OH is 2. The molecule has 0 aliphatic heterocycles. The van der Waals surface area contributed by atoms with Gasteiger partial charge in [0.1, 0.15) is 25.3 Å². The first kappa shape index (κ1) is 41.2.